The molecule has 0 saturated heterocycles. The standard InChI is InChI=1S/C34H34N4O5S/c1-3-5-21-43-34(40)44(41,42)37-31-13-7-6-11-27(31)25-16-14-24(15-17-25)23-38-32(10-4-2)36-30-19-18-26(22-28(30)33(38)39)29-12-8-9-20-35-29/h6-9,11-20,22,37H,3-5,10,21,23H2,1-2H3. The molecule has 10 heteroatoms. The lowest BCUT2D eigenvalue weighted by Gasteiger charge is -2.15. The number of nitrogens with one attached hydrogen (secondary N) is 1. The summed E-state index contributed by atoms with van der Waals surface area (Å²) < 4.78 is 34.2. The number of carbonyl (C=O) groups is 1. The van der Waals surface area contributed by atoms with Crippen LogP contribution < -0.4 is 10.3 Å². The van der Waals surface area contributed by atoms with Crippen LogP contribution in [0.4, 0.5) is 10.5 Å². The minimum absolute atomic E-state index is 0.0422. The first-order valence-corrected chi connectivity index (χ1v) is 16.1. The Morgan fingerprint density at radius 1 is 0.909 bits per heavy atom. The van der Waals surface area contributed by atoms with E-state index in [1.54, 1.807) is 35.0 Å². The second-order valence-corrected chi connectivity index (χ2v) is 12.0. The Labute approximate surface area is 256 Å². The van der Waals surface area contributed by atoms with Crippen LogP contribution in [0.15, 0.2) is 95.9 Å². The van der Waals surface area contributed by atoms with Crippen LogP contribution in [-0.4, -0.2) is 34.9 Å². The van der Waals surface area contributed by atoms with Gasteiger partial charge in [-0.15, -0.1) is 0 Å². The Morgan fingerprint density at radius 2 is 1.66 bits per heavy atom. The molecule has 0 radical (unpaired) electrons. The molecule has 0 spiro atoms. The van der Waals surface area contributed by atoms with E-state index in [0.29, 0.717) is 41.7 Å². The molecule has 0 saturated carbocycles. The number of aryl methyl sites for hydroxylation is 1. The summed E-state index contributed by atoms with van der Waals surface area (Å²) in [4.78, 5) is 35.3. The molecule has 0 bridgehead atoms. The van der Waals surface area contributed by atoms with E-state index in [1.807, 2.05) is 67.6 Å². The van der Waals surface area contributed by atoms with Gasteiger partial charge < -0.3 is 4.74 Å². The van der Waals surface area contributed by atoms with Crippen molar-refractivity contribution in [1.29, 1.82) is 0 Å². The number of rotatable bonds is 11. The second kappa shape index (κ2) is 13.6. The van der Waals surface area contributed by atoms with E-state index in [2.05, 4.69) is 16.6 Å². The SMILES string of the molecule is CCCCOC(=O)S(=O)(=O)Nc1ccccc1-c1ccc(Cn2c(CCC)nc3ccc(-c4ccccn4)cc3c2=O)cc1. The zero-order valence-electron chi connectivity index (χ0n) is 24.7. The number of ether oxygens (including phenoxy) is 1. The van der Waals surface area contributed by atoms with Crippen LogP contribution in [0.25, 0.3) is 33.3 Å². The monoisotopic (exact) mass is 610 g/mol. The molecule has 0 fully saturated rings. The van der Waals surface area contributed by atoms with Gasteiger partial charge in [0, 0.05) is 23.7 Å². The number of anilines is 1. The number of aromatic nitrogens is 3. The summed E-state index contributed by atoms with van der Waals surface area (Å²) in [6.45, 7) is 4.34. The fourth-order valence-electron chi connectivity index (χ4n) is 4.90. The number of carbonyl (C=O) groups excluding carboxylic acids is 1. The summed E-state index contributed by atoms with van der Waals surface area (Å²) in [5.41, 5.74) is 4.64. The molecule has 9 nitrogen and oxygen atoms in total. The average Bonchev–Trinajstić information content (AvgIpc) is 3.04. The van der Waals surface area contributed by atoms with Gasteiger partial charge in [-0.2, -0.15) is 8.42 Å². The number of unbranched alkanes of at least 4 members (excludes halogenated alkanes) is 1. The highest BCUT2D eigenvalue weighted by Crippen LogP contribution is 2.29. The highest BCUT2D eigenvalue weighted by atomic mass is 32.2. The van der Waals surface area contributed by atoms with Crippen molar-refractivity contribution in [2.24, 2.45) is 0 Å². The number of fused-ring (bicyclic) bond motifs is 1. The Morgan fingerprint density at radius 3 is 2.39 bits per heavy atom. The van der Waals surface area contributed by atoms with E-state index < -0.39 is 15.3 Å². The van der Waals surface area contributed by atoms with Gasteiger partial charge in [0.2, 0.25) is 0 Å². The molecule has 0 amide bonds. The topological polar surface area (TPSA) is 120 Å². The van der Waals surface area contributed by atoms with Crippen molar-refractivity contribution in [1.82, 2.24) is 14.5 Å². The number of nitrogens with zero attached hydrogens (tertiary/aromatic N) is 3. The predicted molar refractivity (Wildman–Crippen MR) is 173 cm³/mol. The van der Waals surface area contributed by atoms with Crippen molar-refractivity contribution >= 4 is 31.9 Å². The van der Waals surface area contributed by atoms with Crippen molar-refractivity contribution in [2.75, 3.05) is 11.3 Å². The lowest BCUT2D eigenvalue weighted by molar-refractivity contribution is 0.170. The maximum Gasteiger partial charge on any atom is 0.445 e. The maximum atomic E-state index is 13.8. The van der Waals surface area contributed by atoms with Gasteiger partial charge in [-0.25, -0.2) is 9.78 Å². The van der Waals surface area contributed by atoms with Gasteiger partial charge in [0.05, 0.1) is 35.4 Å². The van der Waals surface area contributed by atoms with Gasteiger partial charge in [-0.1, -0.05) is 74.9 Å². The Hall–Kier alpha value is -4.83. The molecule has 3 aromatic carbocycles. The molecule has 0 aliphatic rings. The minimum atomic E-state index is -4.39. The van der Waals surface area contributed by atoms with Gasteiger partial charge in [0.1, 0.15) is 5.82 Å². The van der Waals surface area contributed by atoms with Crippen molar-refractivity contribution in [3.8, 4) is 22.4 Å². The molecule has 2 aromatic heterocycles. The van der Waals surface area contributed by atoms with E-state index in [-0.39, 0.29) is 17.9 Å². The lowest BCUT2D eigenvalue weighted by atomic mass is 10.0. The molecule has 1 N–H and O–H groups in total. The van der Waals surface area contributed by atoms with Gasteiger partial charge >= 0.3 is 15.3 Å². The molecule has 0 aliphatic heterocycles. The number of sulfonamides is 1. The Bertz CT molecular complexity index is 1940. The van der Waals surface area contributed by atoms with Gasteiger partial charge in [0.15, 0.2) is 0 Å². The number of pyridine rings is 1. The first kappa shape index (κ1) is 30.6. The first-order valence-electron chi connectivity index (χ1n) is 14.6. The van der Waals surface area contributed by atoms with E-state index in [4.69, 9.17) is 9.72 Å². The fourth-order valence-corrected chi connectivity index (χ4v) is 5.69. The molecular formula is C34H34N4O5S. The molecule has 44 heavy (non-hydrogen) atoms. The molecule has 0 atom stereocenters. The van der Waals surface area contributed by atoms with Crippen LogP contribution in [0.1, 0.15) is 44.5 Å². The largest absolute Gasteiger partial charge is 0.453 e. The third kappa shape index (κ3) is 6.86. The quantitative estimate of drug-likeness (QED) is 0.129. The summed E-state index contributed by atoms with van der Waals surface area (Å²) >= 11 is 0. The molecule has 5 rings (SSSR count). The van der Waals surface area contributed by atoms with Crippen molar-refractivity contribution < 1.29 is 17.9 Å². The third-order valence-corrected chi connectivity index (χ3v) is 8.23. The Kier molecular flexibility index (Phi) is 9.50. The van der Waals surface area contributed by atoms with E-state index in [1.165, 1.54) is 0 Å². The average molecular weight is 611 g/mol. The number of benzene rings is 3. The minimum Gasteiger partial charge on any atom is -0.453 e. The Balaban J connectivity index is 1.43. The van der Waals surface area contributed by atoms with Gasteiger partial charge in [0.25, 0.3) is 5.56 Å². The van der Waals surface area contributed by atoms with Crippen LogP contribution in [0.3, 0.4) is 0 Å². The summed E-state index contributed by atoms with van der Waals surface area (Å²) in [6, 6.07) is 25.7. The highest BCUT2D eigenvalue weighted by Gasteiger charge is 2.25. The predicted octanol–water partition coefficient (Wildman–Crippen LogP) is 6.80. The van der Waals surface area contributed by atoms with Crippen molar-refractivity contribution in [3.63, 3.8) is 0 Å². The summed E-state index contributed by atoms with van der Waals surface area (Å²) in [6.07, 6.45) is 4.57. The summed E-state index contributed by atoms with van der Waals surface area (Å²) in [5, 5.41) is -0.778. The maximum absolute atomic E-state index is 13.8. The third-order valence-electron chi connectivity index (χ3n) is 7.18. The number of hydrogen-bond donors (Lipinski definition) is 1. The zero-order chi connectivity index (χ0) is 31.1. The molecule has 226 valence electrons. The normalized spacial score (nSPS) is 11.4. The van der Waals surface area contributed by atoms with Crippen LogP contribution in [0.5, 0.6) is 0 Å². The van der Waals surface area contributed by atoms with Gasteiger partial charge in [-0.05, 0) is 54.3 Å². The molecule has 5 aromatic rings. The first-order chi connectivity index (χ1) is 21.3. The van der Waals surface area contributed by atoms with Gasteiger partial charge in [-0.3, -0.25) is 19.1 Å². The van der Waals surface area contributed by atoms with Crippen LogP contribution in [-0.2, 0) is 27.7 Å². The van der Waals surface area contributed by atoms with Crippen LogP contribution in [0, 0.1) is 0 Å². The second-order valence-electron chi connectivity index (χ2n) is 10.4. The highest BCUT2D eigenvalue weighted by molar-refractivity contribution is 8.06. The van der Waals surface area contributed by atoms with Crippen LogP contribution in [0.2, 0.25) is 0 Å². The van der Waals surface area contributed by atoms with Crippen LogP contribution >= 0.6 is 0 Å². The zero-order valence-corrected chi connectivity index (χ0v) is 25.5. The lowest BCUT2D eigenvalue weighted by Crippen LogP contribution is -2.26. The smallest absolute Gasteiger partial charge is 0.445 e. The number of para-hydroxylation sites is 1. The van der Waals surface area contributed by atoms with E-state index >= 15 is 0 Å². The molecule has 0 aliphatic carbocycles. The van der Waals surface area contributed by atoms with Crippen molar-refractivity contribution in [3.05, 3.63) is 113 Å². The van der Waals surface area contributed by atoms with E-state index in [9.17, 15) is 18.0 Å². The number of hydrogen-bond acceptors (Lipinski definition) is 7. The summed E-state index contributed by atoms with van der Waals surface area (Å²) in [7, 11) is -4.39. The fraction of sp³-hybridized carbons (Fsp3) is 0.235. The van der Waals surface area contributed by atoms with Crippen molar-refractivity contribution in [2.45, 2.75) is 46.1 Å². The summed E-state index contributed by atoms with van der Waals surface area (Å²) in [5.74, 6) is 0.713. The van der Waals surface area contributed by atoms with E-state index in [0.717, 1.165) is 35.2 Å². The molecule has 2 heterocycles. The molecule has 0 unspecified atom stereocenters. The molecular weight excluding hydrogens is 576 g/mol.